The van der Waals surface area contributed by atoms with Gasteiger partial charge >= 0.3 is 0 Å². The van der Waals surface area contributed by atoms with Crippen LogP contribution in [0.1, 0.15) is 30.7 Å². The molecule has 1 aliphatic rings. The van der Waals surface area contributed by atoms with Gasteiger partial charge in [-0.05, 0) is 42.8 Å². The minimum absolute atomic E-state index is 0.0162. The number of hydrogen-bond acceptors (Lipinski definition) is 4. The summed E-state index contributed by atoms with van der Waals surface area (Å²) in [5.74, 6) is 2.16. The number of carbonyl (C=O) groups excluding carboxylic acids is 1. The van der Waals surface area contributed by atoms with Gasteiger partial charge in [-0.3, -0.25) is 9.69 Å². The van der Waals surface area contributed by atoms with Gasteiger partial charge in [0.05, 0.1) is 13.7 Å². The van der Waals surface area contributed by atoms with E-state index in [1.54, 1.807) is 14.0 Å². The Morgan fingerprint density at radius 3 is 2.63 bits per heavy atom. The Hall–Kier alpha value is -3.12. The molecule has 0 bridgehead atoms. The number of ether oxygens (including phenoxy) is 1. The first-order chi connectivity index (χ1) is 14.6. The van der Waals surface area contributed by atoms with Crippen molar-refractivity contribution in [3.63, 3.8) is 0 Å². The van der Waals surface area contributed by atoms with Crippen molar-refractivity contribution in [3.8, 4) is 11.4 Å². The number of piperidine rings is 1. The van der Waals surface area contributed by atoms with E-state index < -0.39 is 0 Å². The maximum atomic E-state index is 11.8. The van der Waals surface area contributed by atoms with Crippen molar-refractivity contribution < 1.29 is 9.53 Å². The summed E-state index contributed by atoms with van der Waals surface area (Å²) in [7, 11) is 1.67. The highest BCUT2D eigenvalue weighted by molar-refractivity contribution is 5.73. The van der Waals surface area contributed by atoms with Crippen LogP contribution >= 0.6 is 0 Å². The van der Waals surface area contributed by atoms with Gasteiger partial charge in [0.1, 0.15) is 11.6 Å². The third-order valence-electron chi connectivity index (χ3n) is 5.75. The van der Waals surface area contributed by atoms with Crippen LogP contribution in [0.2, 0.25) is 0 Å². The third kappa shape index (κ3) is 4.54. The summed E-state index contributed by atoms with van der Waals surface area (Å²) in [6.45, 7) is 4.09. The summed E-state index contributed by atoms with van der Waals surface area (Å²) >= 11 is 0. The topological polar surface area (TPSA) is 59.4 Å². The zero-order valence-corrected chi connectivity index (χ0v) is 17.5. The number of imidazole rings is 1. The molecule has 3 aromatic rings. The SMILES string of the molecule is COc1ccc(-n2ccnc2CN2CC[C@@H](c3ccccc3)[C@@H](NC(C)=O)C2)cc1. The van der Waals surface area contributed by atoms with Crippen molar-refractivity contribution in [3.05, 3.63) is 78.4 Å². The number of amides is 1. The second-order valence-corrected chi connectivity index (χ2v) is 7.76. The Bertz CT molecular complexity index is 968. The molecule has 1 N–H and O–H groups in total. The van der Waals surface area contributed by atoms with Crippen molar-refractivity contribution in [2.45, 2.75) is 31.8 Å². The Kier molecular flexibility index (Phi) is 6.14. The predicted octanol–water partition coefficient (Wildman–Crippen LogP) is 3.38. The highest BCUT2D eigenvalue weighted by atomic mass is 16.5. The van der Waals surface area contributed by atoms with Crippen LogP contribution in [0.25, 0.3) is 5.69 Å². The lowest BCUT2D eigenvalue weighted by molar-refractivity contribution is -0.120. The number of methoxy groups -OCH3 is 1. The molecule has 2 aromatic carbocycles. The number of aromatic nitrogens is 2. The molecular weight excluding hydrogens is 376 g/mol. The van der Waals surface area contributed by atoms with E-state index in [2.05, 4.69) is 44.0 Å². The van der Waals surface area contributed by atoms with Crippen LogP contribution in [0, 0.1) is 0 Å². The molecule has 0 radical (unpaired) electrons. The number of likely N-dealkylation sites (tertiary alicyclic amines) is 1. The quantitative estimate of drug-likeness (QED) is 0.684. The standard InChI is InChI=1S/C24H28N4O2/c1-18(29)26-23-16-27(14-12-22(23)19-6-4-3-5-7-19)17-24-25-13-15-28(24)20-8-10-21(30-2)11-9-20/h3-11,13,15,22-23H,12,14,16-17H2,1-2H3,(H,26,29)/t22-,23-/m0/s1. The van der Waals surface area contributed by atoms with Crippen molar-refractivity contribution in [1.29, 1.82) is 0 Å². The number of rotatable bonds is 6. The van der Waals surface area contributed by atoms with E-state index >= 15 is 0 Å². The molecule has 1 fully saturated rings. The molecule has 156 valence electrons. The van der Waals surface area contributed by atoms with Crippen LogP contribution in [-0.4, -0.2) is 46.6 Å². The van der Waals surface area contributed by atoms with E-state index in [1.807, 2.05) is 42.7 Å². The first-order valence-corrected chi connectivity index (χ1v) is 10.3. The summed E-state index contributed by atoms with van der Waals surface area (Å²) < 4.78 is 7.37. The van der Waals surface area contributed by atoms with E-state index in [0.717, 1.165) is 43.3 Å². The van der Waals surface area contributed by atoms with E-state index in [4.69, 9.17) is 4.74 Å². The van der Waals surface area contributed by atoms with Crippen LogP contribution in [0.3, 0.4) is 0 Å². The van der Waals surface area contributed by atoms with Crippen LogP contribution < -0.4 is 10.1 Å². The Labute approximate surface area is 177 Å². The van der Waals surface area contributed by atoms with Crippen LogP contribution in [0.4, 0.5) is 0 Å². The van der Waals surface area contributed by atoms with Gasteiger partial charge in [-0.15, -0.1) is 0 Å². The van der Waals surface area contributed by atoms with Crippen LogP contribution in [0.5, 0.6) is 5.75 Å². The molecule has 1 amide bonds. The van der Waals surface area contributed by atoms with Gasteiger partial charge in [0.25, 0.3) is 0 Å². The van der Waals surface area contributed by atoms with E-state index in [-0.39, 0.29) is 11.9 Å². The molecule has 4 rings (SSSR count). The molecule has 0 saturated carbocycles. The van der Waals surface area contributed by atoms with Gasteiger partial charge in [-0.1, -0.05) is 30.3 Å². The van der Waals surface area contributed by atoms with Crippen LogP contribution in [-0.2, 0) is 11.3 Å². The number of nitrogens with zero attached hydrogens (tertiary/aromatic N) is 3. The molecular formula is C24H28N4O2. The smallest absolute Gasteiger partial charge is 0.217 e. The van der Waals surface area contributed by atoms with Gasteiger partial charge < -0.3 is 14.6 Å². The zero-order valence-electron chi connectivity index (χ0n) is 17.5. The highest BCUT2D eigenvalue weighted by Crippen LogP contribution is 2.29. The molecule has 6 heteroatoms. The lowest BCUT2D eigenvalue weighted by Gasteiger charge is -2.39. The summed E-state index contributed by atoms with van der Waals surface area (Å²) in [5.41, 5.74) is 2.34. The van der Waals surface area contributed by atoms with E-state index in [0.29, 0.717) is 5.92 Å². The molecule has 30 heavy (non-hydrogen) atoms. The second-order valence-electron chi connectivity index (χ2n) is 7.76. The second kappa shape index (κ2) is 9.13. The van der Waals surface area contributed by atoms with Crippen LogP contribution in [0.15, 0.2) is 67.0 Å². The van der Waals surface area contributed by atoms with E-state index in [9.17, 15) is 4.79 Å². The Morgan fingerprint density at radius 2 is 1.93 bits per heavy atom. The molecule has 0 unspecified atom stereocenters. The normalized spacial score (nSPS) is 19.4. The summed E-state index contributed by atoms with van der Waals surface area (Å²) in [4.78, 5) is 18.8. The maximum absolute atomic E-state index is 11.8. The summed E-state index contributed by atoms with van der Waals surface area (Å²) in [6.07, 6.45) is 4.82. The minimum Gasteiger partial charge on any atom is -0.497 e. The van der Waals surface area contributed by atoms with Gasteiger partial charge in [-0.25, -0.2) is 4.98 Å². The van der Waals surface area contributed by atoms with Gasteiger partial charge in [0, 0.05) is 43.5 Å². The molecule has 2 heterocycles. The summed E-state index contributed by atoms with van der Waals surface area (Å²) in [5, 5.41) is 3.18. The largest absolute Gasteiger partial charge is 0.497 e. The van der Waals surface area contributed by atoms with Gasteiger partial charge in [0.2, 0.25) is 5.91 Å². The monoisotopic (exact) mass is 404 g/mol. The van der Waals surface area contributed by atoms with Gasteiger partial charge in [-0.2, -0.15) is 0 Å². The lowest BCUT2D eigenvalue weighted by atomic mass is 9.85. The first kappa shape index (κ1) is 20.2. The maximum Gasteiger partial charge on any atom is 0.217 e. The van der Waals surface area contributed by atoms with Crippen molar-refractivity contribution in [1.82, 2.24) is 19.8 Å². The zero-order chi connectivity index (χ0) is 20.9. The molecule has 2 atom stereocenters. The predicted molar refractivity (Wildman–Crippen MR) is 117 cm³/mol. The molecule has 1 aromatic heterocycles. The van der Waals surface area contributed by atoms with Gasteiger partial charge in [0.15, 0.2) is 0 Å². The molecule has 0 spiro atoms. The Morgan fingerprint density at radius 1 is 1.17 bits per heavy atom. The number of carbonyl (C=O) groups is 1. The fraction of sp³-hybridized carbons (Fsp3) is 0.333. The Balaban J connectivity index is 1.49. The average molecular weight is 405 g/mol. The van der Waals surface area contributed by atoms with Crippen molar-refractivity contribution in [2.24, 2.45) is 0 Å². The summed E-state index contributed by atoms with van der Waals surface area (Å²) in [6, 6.07) is 18.5. The highest BCUT2D eigenvalue weighted by Gasteiger charge is 2.31. The third-order valence-corrected chi connectivity index (χ3v) is 5.75. The lowest BCUT2D eigenvalue weighted by Crippen LogP contribution is -2.51. The molecule has 0 aliphatic carbocycles. The van der Waals surface area contributed by atoms with Crippen molar-refractivity contribution in [2.75, 3.05) is 20.2 Å². The first-order valence-electron chi connectivity index (χ1n) is 10.3. The van der Waals surface area contributed by atoms with E-state index in [1.165, 1.54) is 5.56 Å². The number of hydrogen-bond donors (Lipinski definition) is 1. The number of nitrogens with one attached hydrogen (secondary N) is 1. The fourth-order valence-corrected chi connectivity index (χ4v) is 4.30. The van der Waals surface area contributed by atoms with Crippen molar-refractivity contribution >= 4 is 5.91 Å². The fourth-order valence-electron chi connectivity index (χ4n) is 4.30. The molecule has 1 saturated heterocycles. The molecule has 1 aliphatic heterocycles. The molecule has 6 nitrogen and oxygen atoms in total. The number of benzene rings is 2. The minimum atomic E-state index is 0.0162. The average Bonchev–Trinajstić information content (AvgIpc) is 3.22.